The number of nitrogens with zero attached hydrogens (tertiary/aromatic N) is 2. The summed E-state index contributed by atoms with van der Waals surface area (Å²) in [6, 6.07) is 2.38. The van der Waals surface area contributed by atoms with Crippen LogP contribution in [0.15, 0.2) is 23.3 Å². The van der Waals surface area contributed by atoms with E-state index in [9.17, 15) is 19.3 Å². The maximum absolute atomic E-state index is 12.8. The first-order valence-electron chi connectivity index (χ1n) is 4.50. The Morgan fingerprint density at radius 2 is 2.35 bits per heavy atom. The van der Waals surface area contributed by atoms with Crippen LogP contribution < -0.4 is 11.2 Å². The topological polar surface area (TPSA) is 111 Å². The number of rotatable bonds is 4. The Hall–Kier alpha value is -2.51. The molecule has 0 unspecified atom stereocenters. The van der Waals surface area contributed by atoms with Crippen LogP contribution in [0.1, 0.15) is 5.56 Å². The predicted molar refractivity (Wildman–Crippen MR) is 58.0 cm³/mol. The fourth-order valence-electron chi connectivity index (χ4n) is 1.13. The molecular formula is C9H9FN4O3. The van der Waals surface area contributed by atoms with Crippen LogP contribution in [-0.4, -0.2) is 17.2 Å². The van der Waals surface area contributed by atoms with E-state index in [1.807, 2.05) is 5.43 Å². The number of nitrogens with one attached hydrogen (secondary N) is 1. The maximum Gasteiger partial charge on any atom is 0.332 e. The van der Waals surface area contributed by atoms with Crippen molar-refractivity contribution in [1.82, 2.24) is 5.43 Å². The highest BCUT2D eigenvalue weighted by molar-refractivity contribution is 5.73. The largest absolute Gasteiger partial charge is 0.350 e. The van der Waals surface area contributed by atoms with Crippen molar-refractivity contribution < 1.29 is 14.1 Å². The van der Waals surface area contributed by atoms with Gasteiger partial charge in [-0.1, -0.05) is 0 Å². The minimum Gasteiger partial charge on any atom is -0.350 e. The monoisotopic (exact) mass is 240 g/mol. The summed E-state index contributed by atoms with van der Waals surface area (Å²) in [7, 11) is 0. The number of hydrazone groups is 1. The molecule has 2 amide bonds. The van der Waals surface area contributed by atoms with Crippen LogP contribution in [0.3, 0.4) is 0 Å². The standard InChI is InChI=1S/C9H9FN4O3/c10-7-2-1-6(8(5-7)14(16)17)3-4-12-13-9(11)15/h1-2,4-5H,3H2,(H3,11,13,15)/b12-4+. The van der Waals surface area contributed by atoms with Crippen LogP contribution in [0.25, 0.3) is 0 Å². The zero-order chi connectivity index (χ0) is 12.8. The first kappa shape index (κ1) is 12.6. The third-order valence-electron chi connectivity index (χ3n) is 1.82. The summed E-state index contributed by atoms with van der Waals surface area (Å²) in [5.41, 5.74) is 6.63. The number of nitro groups is 1. The number of hydrogen-bond acceptors (Lipinski definition) is 4. The van der Waals surface area contributed by atoms with Crippen molar-refractivity contribution in [2.45, 2.75) is 6.42 Å². The molecule has 0 heterocycles. The third kappa shape index (κ3) is 3.86. The molecule has 0 saturated carbocycles. The molecule has 0 radical (unpaired) electrons. The van der Waals surface area contributed by atoms with Gasteiger partial charge in [-0.15, -0.1) is 0 Å². The Bertz CT molecular complexity index is 475. The van der Waals surface area contributed by atoms with E-state index >= 15 is 0 Å². The summed E-state index contributed by atoms with van der Waals surface area (Å²) < 4.78 is 12.8. The number of amides is 2. The molecule has 0 bridgehead atoms. The third-order valence-corrected chi connectivity index (χ3v) is 1.82. The summed E-state index contributed by atoms with van der Waals surface area (Å²) in [5.74, 6) is -0.687. The van der Waals surface area contributed by atoms with Crippen molar-refractivity contribution in [2.75, 3.05) is 0 Å². The Labute approximate surface area is 95.3 Å². The first-order chi connectivity index (χ1) is 8.00. The van der Waals surface area contributed by atoms with Gasteiger partial charge in [0.25, 0.3) is 5.69 Å². The molecule has 1 aromatic carbocycles. The second-order valence-electron chi connectivity index (χ2n) is 3.02. The van der Waals surface area contributed by atoms with Crippen LogP contribution in [0.2, 0.25) is 0 Å². The fourth-order valence-corrected chi connectivity index (χ4v) is 1.13. The van der Waals surface area contributed by atoms with Gasteiger partial charge in [-0.25, -0.2) is 14.6 Å². The van der Waals surface area contributed by atoms with E-state index in [1.165, 1.54) is 12.3 Å². The zero-order valence-electron chi connectivity index (χ0n) is 8.59. The van der Waals surface area contributed by atoms with Gasteiger partial charge < -0.3 is 5.73 Å². The van der Waals surface area contributed by atoms with Gasteiger partial charge in [0, 0.05) is 18.2 Å². The molecule has 0 aliphatic heterocycles. The molecule has 8 heteroatoms. The van der Waals surface area contributed by atoms with Crippen LogP contribution in [0.4, 0.5) is 14.9 Å². The Morgan fingerprint density at radius 3 is 2.94 bits per heavy atom. The molecule has 1 rings (SSSR count). The van der Waals surface area contributed by atoms with Crippen molar-refractivity contribution >= 4 is 17.9 Å². The van der Waals surface area contributed by atoms with Gasteiger partial charge >= 0.3 is 6.03 Å². The lowest BCUT2D eigenvalue weighted by atomic mass is 10.1. The number of benzene rings is 1. The highest BCUT2D eigenvalue weighted by Gasteiger charge is 2.13. The van der Waals surface area contributed by atoms with Gasteiger partial charge in [0.1, 0.15) is 5.82 Å². The second kappa shape index (κ2) is 5.54. The first-order valence-corrected chi connectivity index (χ1v) is 4.50. The van der Waals surface area contributed by atoms with E-state index in [0.29, 0.717) is 0 Å². The summed E-state index contributed by atoms with van der Waals surface area (Å²) in [6.07, 6.45) is 1.31. The van der Waals surface area contributed by atoms with Crippen LogP contribution >= 0.6 is 0 Å². The van der Waals surface area contributed by atoms with Gasteiger partial charge in [0.2, 0.25) is 0 Å². The van der Waals surface area contributed by atoms with Crippen LogP contribution in [-0.2, 0) is 6.42 Å². The number of urea groups is 1. The lowest BCUT2D eigenvalue weighted by Gasteiger charge is -1.99. The Morgan fingerprint density at radius 1 is 1.65 bits per heavy atom. The molecule has 0 aliphatic rings. The number of primary amides is 1. The quantitative estimate of drug-likeness (QED) is 0.463. The van der Waals surface area contributed by atoms with E-state index in [4.69, 9.17) is 5.73 Å². The normalized spacial score (nSPS) is 10.4. The fraction of sp³-hybridized carbons (Fsp3) is 0.111. The summed E-state index contributed by atoms with van der Waals surface area (Å²) >= 11 is 0. The molecule has 17 heavy (non-hydrogen) atoms. The lowest BCUT2D eigenvalue weighted by molar-refractivity contribution is -0.385. The van der Waals surface area contributed by atoms with Gasteiger partial charge in [-0.2, -0.15) is 5.10 Å². The highest BCUT2D eigenvalue weighted by atomic mass is 19.1. The van der Waals surface area contributed by atoms with Crippen molar-refractivity contribution in [3.63, 3.8) is 0 Å². The van der Waals surface area contributed by atoms with Crippen molar-refractivity contribution in [3.8, 4) is 0 Å². The smallest absolute Gasteiger partial charge is 0.332 e. The average molecular weight is 240 g/mol. The Balaban J connectivity index is 2.80. The molecule has 7 nitrogen and oxygen atoms in total. The van der Waals surface area contributed by atoms with E-state index in [0.717, 1.165) is 12.1 Å². The number of hydrogen-bond donors (Lipinski definition) is 2. The van der Waals surface area contributed by atoms with Crippen LogP contribution in [0.5, 0.6) is 0 Å². The maximum atomic E-state index is 12.8. The summed E-state index contributed by atoms with van der Waals surface area (Å²) in [4.78, 5) is 20.2. The number of carbonyl (C=O) groups excluding carboxylic acids is 1. The minimum atomic E-state index is -0.838. The highest BCUT2D eigenvalue weighted by Crippen LogP contribution is 2.19. The zero-order valence-corrected chi connectivity index (χ0v) is 8.59. The number of halogens is 1. The molecule has 1 aromatic rings. The van der Waals surface area contributed by atoms with E-state index in [-0.39, 0.29) is 17.7 Å². The van der Waals surface area contributed by atoms with E-state index in [1.54, 1.807) is 0 Å². The molecule has 90 valence electrons. The molecule has 0 saturated heterocycles. The van der Waals surface area contributed by atoms with Crippen molar-refractivity contribution in [2.24, 2.45) is 10.8 Å². The second-order valence-corrected chi connectivity index (χ2v) is 3.02. The van der Waals surface area contributed by atoms with Crippen molar-refractivity contribution in [3.05, 3.63) is 39.7 Å². The molecule has 0 atom stereocenters. The summed E-state index contributed by atoms with van der Waals surface area (Å²) in [6.45, 7) is 0. The van der Waals surface area contributed by atoms with Crippen molar-refractivity contribution in [1.29, 1.82) is 0 Å². The van der Waals surface area contributed by atoms with Crippen LogP contribution in [0, 0.1) is 15.9 Å². The SMILES string of the molecule is NC(=O)N/N=C/Cc1ccc(F)cc1[N+](=O)[O-]. The predicted octanol–water partition coefficient (Wildman–Crippen LogP) is 0.930. The molecular weight excluding hydrogens is 231 g/mol. The number of carbonyl (C=O) groups is 1. The van der Waals surface area contributed by atoms with E-state index < -0.39 is 16.8 Å². The molecule has 0 fully saturated rings. The van der Waals surface area contributed by atoms with Gasteiger partial charge in [0.15, 0.2) is 0 Å². The van der Waals surface area contributed by atoms with Gasteiger partial charge in [-0.3, -0.25) is 10.1 Å². The van der Waals surface area contributed by atoms with Gasteiger partial charge in [0.05, 0.1) is 11.0 Å². The Kier molecular flexibility index (Phi) is 4.09. The minimum absolute atomic E-state index is 0.0802. The molecule has 0 aliphatic carbocycles. The number of nitrogens with two attached hydrogens (primary N) is 1. The average Bonchev–Trinajstić information content (AvgIpc) is 2.25. The summed E-state index contributed by atoms with van der Waals surface area (Å²) in [5, 5.41) is 14.0. The van der Waals surface area contributed by atoms with Gasteiger partial charge in [-0.05, 0) is 12.1 Å². The number of nitro benzene ring substituents is 1. The lowest BCUT2D eigenvalue weighted by Crippen LogP contribution is -2.24. The molecule has 0 spiro atoms. The molecule has 3 N–H and O–H groups in total. The molecule has 0 aromatic heterocycles. The van der Waals surface area contributed by atoms with E-state index in [2.05, 4.69) is 5.10 Å².